The van der Waals surface area contributed by atoms with Crippen molar-refractivity contribution in [1.29, 1.82) is 0 Å². The van der Waals surface area contributed by atoms with Gasteiger partial charge >= 0.3 is 6.09 Å². The third-order valence-electron chi connectivity index (χ3n) is 6.56. The highest BCUT2D eigenvalue weighted by Crippen LogP contribution is 2.28. The number of amides is 3. The van der Waals surface area contributed by atoms with Crippen LogP contribution in [0.2, 0.25) is 0 Å². The van der Waals surface area contributed by atoms with Crippen molar-refractivity contribution in [3.63, 3.8) is 0 Å². The van der Waals surface area contributed by atoms with Crippen LogP contribution in [-0.4, -0.2) is 98.8 Å². The Morgan fingerprint density at radius 3 is 2.40 bits per heavy atom. The zero-order chi connectivity index (χ0) is 30.1. The maximum absolute atomic E-state index is 13.3. The number of primary amides is 1. The lowest BCUT2D eigenvalue weighted by Crippen LogP contribution is -2.50. The number of nitrogens with zero attached hydrogens (tertiary/aromatic N) is 1. The molecule has 2 bridgehead atoms. The van der Waals surface area contributed by atoms with Crippen molar-refractivity contribution < 1.29 is 48.0 Å². The number of likely N-dealkylation sites (N-methyl/N-ethyl adjacent to an activating group) is 1. The number of ether oxygens (including phenoxy) is 4. The van der Waals surface area contributed by atoms with Gasteiger partial charge in [0.25, 0.3) is 11.8 Å². The molecule has 13 nitrogen and oxygen atoms in total. The van der Waals surface area contributed by atoms with E-state index in [0.29, 0.717) is 0 Å². The van der Waals surface area contributed by atoms with E-state index in [1.807, 2.05) is 0 Å². The van der Waals surface area contributed by atoms with Gasteiger partial charge in [0, 0.05) is 45.0 Å². The summed E-state index contributed by atoms with van der Waals surface area (Å²) in [5.41, 5.74) is 5.23. The summed E-state index contributed by atoms with van der Waals surface area (Å²) in [4.78, 5) is 64.7. The largest absolute Gasteiger partial charge is 0.492 e. The number of β-amino-alcohol motifs (C(OH)–C–C–N with tert-alkyl or cyclic N) is 1. The van der Waals surface area contributed by atoms with Gasteiger partial charge in [-0.15, -0.1) is 0 Å². The molecule has 1 unspecified atom stereocenters. The normalized spacial score (nSPS) is 29.8. The molecule has 2 rings (SSSR count). The maximum Gasteiger partial charge on any atom is 0.405 e. The van der Waals surface area contributed by atoms with Gasteiger partial charge in [0.05, 0.1) is 25.0 Å². The Bertz CT molecular complexity index is 1140. The summed E-state index contributed by atoms with van der Waals surface area (Å²) in [7, 11) is 5.36. The first-order valence-electron chi connectivity index (χ1n) is 12.5. The SMILES string of the molecule is COC1=C2C[C@@H](C)C[C@H](OC)[C@H](O)CN(C)C(=O)[C@H](OC(N)=O)C(OC)/C=C\C=C(/C)C(=O)NC(=CC1=O)C2=O. The molecule has 5 atom stereocenters. The molecule has 0 saturated heterocycles. The molecule has 0 aromatic rings. The summed E-state index contributed by atoms with van der Waals surface area (Å²) in [6, 6.07) is 0. The summed E-state index contributed by atoms with van der Waals surface area (Å²) in [6.07, 6.45) is -0.265. The first-order valence-corrected chi connectivity index (χ1v) is 12.5. The van der Waals surface area contributed by atoms with Crippen LogP contribution >= 0.6 is 0 Å². The van der Waals surface area contributed by atoms with E-state index in [1.54, 1.807) is 6.92 Å². The van der Waals surface area contributed by atoms with Crippen molar-refractivity contribution >= 4 is 29.5 Å². The fourth-order valence-corrected chi connectivity index (χ4v) is 4.41. The van der Waals surface area contributed by atoms with Crippen molar-refractivity contribution in [3.8, 4) is 0 Å². The zero-order valence-corrected chi connectivity index (χ0v) is 23.5. The van der Waals surface area contributed by atoms with Crippen LogP contribution in [0.5, 0.6) is 0 Å². The molecule has 0 radical (unpaired) electrons. The molecule has 1 heterocycles. The van der Waals surface area contributed by atoms with Crippen LogP contribution in [-0.2, 0) is 38.1 Å². The van der Waals surface area contributed by atoms with E-state index in [-0.39, 0.29) is 47.9 Å². The zero-order valence-electron chi connectivity index (χ0n) is 23.5. The number of aliphatic hydroxyl groups excluding tert-OH is 1. The Morgan fingerprint density at radius 2 is 1.82 bits per heavy atom. The Morgan fingerprint density at radius 1 is 1.15 bits per heavy atom. The van der Waals surface area contributed by atoms with E-state index in [4.69, 9.17) is 24.7 Å². The summed E-state index contributed by atoms with van der Waals surface area (Å²) >= 11 is 0. The molecule has 13 heteroatoms. The number of allylic oxidation sites excluding steroid dienone is 4. The summed E-state index contributed by atoms with van der Waals surface area (Å²) in [5.74, 6) is -2.91. The molecule has 0 saturated carbocycles. The van der Waals surface area contributed by atoms with Crippen molar-refractivity contribution in [2.24, 2.45) is 11.7 Å². The van der Waals surface area contributed by atoms with E-state index in [9.17, 15) is 29.1 Å². The lowest BCUT2D eigenvalue weighted by atomic mass is 9.87. The summed E-state index contributed by atoms with van der Waals surface area (Å²) in [6.45, 7) is 3.07. The Balaban J connectivity index is 2.55. The van der Waals surface area contributed by atoms with Gasteiger partial charge in [-0.05, 0) is 25.7 Å². The number of hydrogen-bond donors (Lipinski definition) is 3. The second kappa shape index (κ2) is 14.5. The smallest absolute Gasteiger partial charge is 0.405 e. The number of rotatable bonds is 4. The number of hydrogen-bond acceptors (Lipinski definition) is 10. The average molecular weight is 564 g/mol. The second-order valence-electron chi connectivity index (χ2n) is 9.61. The van der Waals surface area contributed by atoms with E-state index < -0.39 is 53.9 Å². The fraction of sp³-hybridized carbons (Fsp3) is 0.519. The summed E-state index contributed by atoms with van der Waals surface area (Å²) in [5, 5.41) is 13.4. The number of carbonyl (C=O) groups excluding carboxylic acids is 5. The first kappa shape index (κ1) is 32.4. The van der Waals surface area contributed by atoms with Gasteiger partial charge in [-0.3, -0.25) is 19.2 Å². The lowest BCUT2D eigenvalue weighted by molar-refractivity contribution is -0.147. The van der Waals surface area contributed by atoms with Crippen LogP contribution < -0.4 is 11.1 Å². The molecule has 220 valence electrons. The number of fused-ring (bicyclic) bond motifs is 2. The van der Waals surface area contributed by atoms with Crippen molar-refractivity contribution in [1.82, 2.24) is 10.2 Å². The molecule has 1 aliphatic heterocycles. The van der Waals surface area contributed by atoms with Gasteiger partial charge in [0.15, 0.2) is 5.76 Å². The molecule has 0 fully saturated rings. The van der Waals surface area contributed by atoms with Gasteiger partial charge in [-0.25, -0.2) is 4.79 Å². The molecule has 0 aromatic carbocycles. The Labute approximate surface area is 232 Å². The molecule has 1 aliphatic carbocycles. The van der Waals surface area contributed by atoms with Crippen LogP contribution in [0.1, 0.15) is 26.7 Å². The quantitative estimate of drug-likeness (QED) is 0.402. The van der Waals surface area contributed by atoms with Crippen LogP contribution in [0.4, 0.5) is 4.79 Å². The van der Waals surface area contributed by atoms with Gasteiger partial charge in [0.1, 0.15) is 6.10 Å². The van der Waals surface area contributed by atoms with Crippen molar-refractivity contribution in [2.45, 2.75) is 51.1 Å². The highest BCUT2D eigenvalue weighted by Gasteiger charge is 2.36. The van der Waals surface area contributed by atoms with Crippen molar-refractivity contribution in [3.05, 3.63) is 46.9 Å². The highest BCUT2D eigenvalue weighted by molar-refractivity contribution is 6.23. The molecular formula is C27H37N3O10. The fourth-order valence-electron chi connectivity index (χ4n) is 4.41. The van der Waals surface area contributed by atoms with Crippen LogP contribution in [0.25, 0.3) is 0 Å². The maximum atomic E-state index is 13.3. The van der Waals surface area contributed by atoms with E-state index >= 15 is 0 Å². The number of nitrogens with two attached hydrogens (primary N) is 1. The van der Waals surface area contributed by atoms with Crippen LogP contribution in [0.3, 0.4) is 0 Å². The molecule has 3 amide bonds. The minimum atomic E-state index is -1.49. The number of aliphatic hydroxyl groups is 1. The summed E-state index contributed by atoms with van der Waals surface area (Å²) < 4.78 is 21.1. The van der Waals surface area contributed by atoms with E-state index in [0.717, 1.165) is 11.0 Å². The van der Waals surface area contributed by atoms with Gasteiger partial charge in [-0.2, -0.15) is 0 Å². The number of nitrogens with one attached hydrogen (secondary N) is 1. The molecular weight excluding hydrogens is 526 g/mol. The van der Waals surface area contributed by atoms with E-state index in [2.05, 4.69) is 5.32 Å². The monoisotopic (exact) mass is 563 g/mol. The molecule has 4 N–H and O–H groups in total. The van der Waals surface area contributed by atoms with Crippen LogP contribution in [0, 0.1) is 5.92 Å². The first-order chi connectivity index (χ1) is 18.8. The van der Waals surface area contributed by atoms with E-state index in [1.165, 1.54) is 53.5 Å². The molecule has 40 heavy (non-hydrogen) atoms. The number of ketones is 2. The Hall–Kier alpha value is -3.81. The predicted octanol–water partition coefficient (Wildman–Crippen LogP) is 0.284. The predicted molar refractivity (Wildman–Crippen MR) is 141 cm³/mol. The number of carbonyl (C=O) groups is 5. The minimum absolute atomic E-state index is 0.0864. The standard InChI is InChI=1S/C27H37N3O10/c1-14-10-16-22(33)17(12-18(31)23(16)39-6)29-25(34)15(2)8-7-9-20(37-4)24(40-27(28)36)26(35)30(3)13-19(32)21(11-14)38-5/h7-9,12,14,19-21,24,32H,10-11,13H2,1-6H3,(H2,28,36)(H,29,34)/b9-7-,15-8+/t14-,19-,20?,21+,24-/m1/s1. The Kier molecular flexibility index (Phi) is 11.8. The van der Waals surface area contributed by atoms with Gasteiger partial charge < -0.3 is 40.0 Å². The minimum Gasteiger partial charge on any atom is -0.492 e. The number of methoxy groups -OCH3 is 3. The highest BCUT2D eigenvalue weighted by atomic mass is 16.6. The third kappa shape index (κ3) is 8.10. The second-order valence-corrected chi connectivity index (χ2v) is 9.61. The molecule has 0 spiro atoms. The average Bonchev–Trinajstić information content (AvgIpc) is 2.90. The molecule has 0 aromatic heterocycles. The van der Waals surface area contributed by atoms with Crippen molar-refractivity contribution in [2.75, 3.05) is 34.9 Å². The topological polar surface area (TPSA) is 184 Å². The van der Waals surface area contributed by atoms with Gasteiger partial charge in [0.2, 0.25) is 17.7 Å². The van der Waals surface area contributed by atoms with Gasteiger partial charge in [-0.1, -0.05) is 25.2 Å². The molecule has 2 aliphatic rings. The van der Waals surface area contributed by atoms with Crippen LogP contribution in [0.15, 0.2) is 46.9 Å². The lowest BCUT2D eigenvalue weighted by Gasteiger charge is -2.31. The number of Topliss-reactive ketones (excluding diaryl/α,β-unsaturated/α-hetero) is 1. The third-order valence-corrected chi connectivity index (χ3v) is 6.56.